The number of carbonyl (C=O) groups excluding carboxylic acids is 1. The molecule has 0 saturated heterocycles. The summed E-state index contributed by atoms with van der Waals surface area (Å²) in [4.78, 5) is 11.7. The number of hydrogen-bond donors (Lipinski definition) is 1. The van der Waals surface area contributed by atoms with Crippen LogP contribution in [-0.2, 0) is 4.79 Å². The van der Waals surface area contributed by atoms with Crippen molar-refractivity contribution in [3.05, 3.63) is 0 Å². The first-order valence-electron chi connectivity index (χ1n) is 6.07. The molecule has 0 aromatic heterocycles. The molecule has 2 N–H and O–H groups in total. The molecule has 2 bridgehead atoms. The van der Waals surface area contributed by atoms with Crippen LogP contribution in [0.2, 0.25) is 0 Å². The SMILES string of the molecule is NC(=O)C12CCC(CC1)CC2[C@H]1C[C@@H]1F. The van der Waals surface area contributed by atoms with Gasteiger partial charge < -0.3 is 5.73 Å². The number of alkyl halides is 1. The molecule has 0 aromatic carbocycles. The van der Waals surface area contributed by atoms with E-state index >= 15 is 0 Å². The van der Waals surface area contributed by atoms with Gasteiger partial charge in [0.15, 0.2) is 0 Å². The third kappa shape index (κ3) is 1.25. The summed E-state index contributed by atoms with van der Waals surface area (Å²) in [5.41, 5.74) is 5.24. The zero-order valence-electron chi connectivity index (χ0n) is 8.92. The van der Waals surface area contributed by atoms with Gasteiger partial charge in [0.25, 0.3) is 0 Å². The molecule has 0 radical (unpaired) electrons. The average molecular weight is 211 g/mol. The Morgan fingerprint density at radius 1 is 1.27 bits per heavy atom. The maximum absolute atomic E-state index is 13.2. The molecule has 4 rings (SSSR count). The molecule has 4 fully saturated rings. The second kappa shape index (κ2) is 2.96. The molecule has 0 aromatic rings. The fourth-order valence-electron chi connectivity index (χ4n) is 4.00. The predicted molar refractivity (Wildman–Crippen MR) is 54.7 cm³/mol. The number of nitrogens with two attached hydrogens (primary N) is 1. The van der Waals surface area contributed by atoms with Crippen molar-refractivity contribution in [1.29, 1.82) is 0 Å². The number of fused-ring (bicyclic) bond motifs is 3. The van der Waals surface area contributed by atoms with Gasteiger partial charge >= 0.3 is 0 Å². The van der Waals surface area contributed by atoms with Crippen molar-refractivity contribution in [2.75, 3.05) is 0 Å². The van der Waals surface area contributed by atoms with E-state index in [1.807, 2.05) is 0 Å². The lowest BCUT2D eigenvalue weighted by Gasteiger charge is -2.50. The van der Waals surface area contributed by atoms with Crippen LogP contribution >= 0.6 is 0 Å². The van der Waals surface area contributed by atoms with Crippen LogP contribution in [0.3, 0.4) is 0 Å². The normalized spacial score (nSPS) is 52.9. The number of rotatable bonds is 2. The highest BCUT2D eigenvalue weighted by Crippen LogP contribution is 2.61. The molecule has 1 amide bonds. The lowest BCUT2D eigenvalue weighted by molar-refractivity contribution is -0.140. The van der Waals surface area contributed by atoms with E-state index in [9.17, 15) is 9.18 Å². The maximum atomic E-state index is 13.2. The van der Waals surface area contributed by atoms with Gasteiger partial charge in [-0.1, -0.05) is 0 Å². The molecule has 4 aliphatic carbocycles. The molecule has 0 heterocycles. The summed E-state index contributed by atoms with van der Waals surface area (Å²) in [5, 5.41) is 0. The van der Waals surface area contributed by atoms with Crippen LogP contribution in [-0.4, -0.2) is 12.1 Å². The summed E-state index contributed by atoms with van der Waals surface area (Å²) in [6.07, 6.45) is 5.17. The van der Waals surface area contributed by atoms with E-state index in [0.717, 1.165) is 38.0 Å². The second-order valence-corrected chi connectivity index (χ2v) is 5.72. The van der Waals surface area contributed by atoms with Gasteiger partial charge in [-0.2, -0.15) is 0 Å². The van der Waals surface area contributed by atoms with E-state index in [-0.39, 0.29) is 23.2 Å². The lowest BCUT2D eigenvalue weighted by atomic mass is 9.53. The highest BCUT2D eigenvalue weighted by molar-refractivity contribution is 5.81. The van der Waals surface area contributed by atoms with Crippen LogP contribution in [0.4, 0.5) is 4.39 Å². The molecule has 1 unspecified atom stereocenters. The Kier molecular flexibility index (Phi) is 1.89. The van der Waals surface area contributed by atoms with E-state index in [2.05, 4.69) is 0 Å². The van der Waals surface area contributed by atoms with Gasteiger partial charge in [0, 0.05) is 0 Å². The topological polar surface area (TPSA) is 43.1 Å². The van der Waals surface area contributed by atoms with Gasteiger partial charge in [-0.25, -0.2) is 4.39 Å². The maximum Gasteiger partial charge on any atom is 0.223 e. The fourth-order valence-corrected chi connectivity index (χ4v) is 4.00. The van der Waals surface area contributed by atoms with E-state index in [0.29, 0.717) is 6.42 Å². The highest BCUT2D eigenvalue weighted by Gasteiger charge is 2.59. The van der Waals surface area contributed by atoms with Crippen molar-refractivity contribution in [2.45, 2.75) is 44.7 Å². The van der Waals surface area contributed by atoms with Gasteiger partial charge in [0.05, 0.1) is 5.41 Å². The van der Waals surface area contributed by atoms with Crippen molar-refractivity contribution >= 4 is 5.91 Å². The fraction of sp³-hybridized carbons (Fsp3) is 0.917. The van der Waals surface area contributed by atoms with Crippen molar-refractivity contribution in [3.8, 4) is 0 Å². The quantitative estimate of drug-likeness (QED) is 0.746. The molecule has 0 spiro atoms. The smallest absolute Gasteiger partial charge is 0.223 e. The number of hydrogen-bond acceptors (Lipinski definition) is 1. The number of amides is 1. The zero-order valence-corrected chi connectivity index (χ0v) is 8.92. The van der Waals surface area contributed by atoms with E-state index in [1.54, 1.807) is 0 Å². The Hall–Kier alpha value is -0.600. The first kappa shape index (κ1) is 9.61. The Morgan fingerprint density at radius 3 is 2.33 bits per heavy atom. The van der Waals surface area contributed by atoms with Crippen LogP contribution in [0, 0.1) is 23.2 Å². The van der Waals surface area contributed by atoms with Crippen LogP contribution in [0.5, 0.6) is 0 Å². The summed E-state index contributed by atoms with van der Waals surface area (Å²) in [6, 6.07) is 0. The minimum Gasteiger partial charge on any atom is -0.369 e. The Bertz CT molecular complexity index is 296. The van der Waals surface area contributed by atoms with Crippen LogP contribution < -0.4 is 5.73 Å². The third-order valence-electron chi connectivity index (χ3n) is 5.06. The molecular weight excluding hydrogens is 193 g/mol. The molecular formula is C12H18FNO. The van der Waals surface area contributed by atoms with Gasteiger partial charge in [-0.15, -0.1) is 0 Å². The summed E-state index contributed by atoms with van der Waals surface area (Å²) in [6.45, 7) is 0. The van der Waals surface area contributed by atoms with E-state index < -0.39 is 6.17 Å². The highest BCUT2D eigenvalue weighted by atomic mass is 19.1. The largest absolute Gasteiger partial charge is 0.369 e. The van der Waals surface area contributed by atoms with Crippen LogP contribution in [0.25, 0.3) is 0 Å². The first-order chi connectivity index (χ1) is 7.13. The number of halogens is 1. The summed E-state index contributed by atoms with van der Waals surface area (Å²) in [5.74, 6) is 0.992. The van der Waals surface area contributed by atoms with Crippen molar-refractivity contribution in [2.24, 2.45) is 28.9 Å². The summed E-state index contributed by atoms with van der Waals surface area (Å²) < 4.78 is 13.2. The molecule has 2 nitrogen and oxygen atoms in total. The lowest BCUT2D eigenvalue weighted by Crippen LogP contribution is -2.51. The predicted octanol–water partition coefficient (Wildman–Crippen LogP) is 2.03. The Labute approximate surface area is 89.4 Å². The average Bonchev–Trinajstić information content (AvgIpc) is 2.96. The van der Waals surface area contributed by atoms with Gasteiger partial charge in [0.1, 0.15) is 6.17 Å². The first-order valence-corrected chi connectivity index (χ1v) is 6.07. The summed E-state index contributed by atoms with van der Waals surface area (Å²) in [7, 11) is 0. The van der Waals surface area contributed by atoms with E-state index in [4.69, 9.17) is 5.73 Å². The Morgan fingerprint density at radius 2 is 1.87 bits per heavy atom. The molecule has 84 valence electrons. The van der Waals surface area contributed by atoms with Gasteiger partial charge in [0.2, 0.25) is 5.91 Å². The zero-order chi connectivity index (χ0) is 10.6. The second-order valence-electron chi connectivity index (χ2n) is 5.72. The molecule has 0 aliphatic heterocycles. The Balaban J connectivity index is 1.89. The van der Waals surface area contributed by atoms with Crippen LogP contribution in [0.1, 0.15) is 38.5 Å². The number of carbonyl (C=O) groups is 1. The third-order valence-corrected chi connectivity index (χ3v) is 5.06. The minimum absolute atomic E-state index is 0.153. The van der Waals surface area contributed by atoms with Crippen molar-refractivity contribution < 1.29 is 9.18 Å². The van der Waals surface area contributed by atoms with Gasteiger partial charge in [-0.3, -0.25) is 4.79 Å². The van der Waals surface area contributed by atoms with Crippen LogP contribution in [0.15, 0.2) is 0 Å². The van der Waals surface area contributed by atoms with Crippen molar-refractivity contribution in [3.63, 3.8) is 0 Å². The standard InChI is InChI=1S/C12H18FNO/c13-10-6-8(10)9-5-7-1-3-12(9,4-2-7)11(14)15/h7-10H,1-6H2,(H2,14,15)/t7?,8-,9?,10+,12?/m1/s1. The number of primary amides is 1. The van der Waals surface area contributed by atoms with Gasteiger partial charge in [-0.05, 0) is 56.3 Å². The molecule has 3 heteroatoms. The molecule has 15 heavy (non-hydrogen) atoms. The molecule has 3 atom stereocenters. The minimum atomic E-state index is -0.648. The molecule has 4 saturated carbocycles. The van der Waals surface area contributed by atoms with E-state index in [1.165, 1.54) is 0 Å². The molecule has 4 aliphatic rings. The monoisotopic (exact) mass is 211 g/mol. The summed E-state index contributed by atoms with van der Waals surface area (Å²) >= 11 is 0. The van der Waals surface area contributed by atoms with Crippen molar-refractivity contribution in [1.82, 2.24) is 0 Å².